The molecule has 3 rings (SSSR count). The molecular weight excluding hydrogens is 374 g/mol. The van der Waals surface area contributed by atoms with Crippen molar-refractivity contribution in [3.05, 3.63) is 35.7 Å². The normalized spacial score (nSPS) is 14.0. The minimum Gasteiger partial charge on any atom is -0.484 e. The van der Waals surface area contributed by atoms with E-state index in [1.54, 1.807) is 36.0 Å². The molecule has 1 saturated carbocycles. The highest BCUT2D eigenvalue weighted by Crippen LogP contribution is 2.33. The second kappa shape index (κ2) is 10.1. The van der Waals surface area contributed by atoms with E-state index in [1.165, 1.54) is 25.7 Å². The fraction of sp³-hybridized carbons (Fsp3) is 0.500. The number of nitriles is 1. The lowest BCUT2D eigenvalue weighted by molar-refractivity contribution is -0.123. The van der Waals surface area contributed by atoms with Gasteiger partial charge in [-0.3, -0.25) is 4.79 Å². The zero-order valence-corrected chi connectivity index (χ0v) is 16.9. The molecule has 1 aromatic carbocycles. The third-order valence-corrected chi connectivity index (χ3v) is 5.50. The van der Waals surface area contributed by atoms with Crippen LogP contribution in [0.15, 0.2) is 29.4 Å². The Labute approximate surface area is 169 Å². The average Bonchev–Trinajstić information content (AvgIpc) is 3.39. The Balaban J connectivity index is 1.41. The third-order valence-electron chi connectivity index (χ3n) is 4.86. The molecule has 0 atom stereocenters. The van der Waals surface area contributed by atoms with E-state index in [0.717, 1.165) is 23.8 Å². The lowest BCUT2D eigenvalue weighted by Gasteiger charge is -2.16. The Morgan fingerprint density at radius 2 is 2.07 bits per heavy atom. The first-order valence-electron chi connectivity index (χ1n) is 9.58. The zero-order valence-electron chi connectivity index (χ0n) is 16.1. The minimum atomic E-state index is -0.161. The summed E-state index contributed by atoms with van der Waals surface area (Å²) in [5.41, 5.74) is 0.562. The van der Waals surface area contributed by atoms with Gasteiger partial charge in [0.2, 0.25) is 0 Å². The first-order chi connectivity index (χ1) is 13.7. The fourth-order valence-electron chi connectivity index (χ4n) is 3.45. The SMILES string of the molecule is CSc1nnc(CCCNC(=O)COc2ccc(C#N)cc2)n1C1CCCC1. The Morgan fingerprint density at radius 3 is 2.75 bits per heavy atom. The summed E-state index contributed by atoms with van der Waals surface area (Å²) in [5, 5.41) is 21.3. The van der Waals surface area contributed by atoms with E-state index in [9.17, 15) is 4.79 Å². The van der Waals surface area contributed by atoms with Crippen molar-refractivity contribution >= 4 is 17.7 Å². The smallest absolute Gasteiger partial charge is 0.257 e. The van der Waals surface area contributed by atoms with Crippen LogP contribution in [0.5, 0.6) is 5.75 Å². The van der Waals surface area contributed by atoms with Gasteiger partial charge in [0.25, 0.3) is 5.91 Å². The first kappa shape index (κ1) is 20.2. The molecule has 1 aliphatic carbocycles. The average molecular weight is 400 g/mol. The molecule has 0 spiro atoms. The van der Waals surface area contributed by atoms with Gasteiger partial charge < -0.3 is 14.6 Å². The molecule has 1 heterocycles. The van der Waals surface area contributed by atoms with Crippen molar-refractivity contribution in [2.24, 2.45) is 0 Å². The van der Waals surface area contributed by atoms with Crippen LogP contribution in [0.2, 0.25) is 0 Å². The van der Waals surface area contributed by atoms with Crippen LogP contribution < -0.4 is 10.1 Å². The number of nitrogens with zero attached hydrogens (tertiary/aromatic N) is 4. The molecule has 1 aliphatic rings. The number of carbonyl (C=O) groups is 1. The number of ether oxygens (including phenoxy) is 1. The summed E-state index contributed by atoms with van der Waals surface area (Å²) in [6.45, 7) is 0.530. The number of carbonyl (C=O) groups excluding carboxylic acids is 1. The Hall–Kier alpha value is -2.53. The molecule has 8 heteroatoms. The van der Waals surface area contributed by atoms with Crippen molar-refractivity contribution in [2.75, 3.05) is 19.4 Å². The number of amides is 1. The van der Waals surface area contributed by atoms with Gasteiger partial charge in [0, 0.05) is 19.0 Å². The van der Waals surface area contributed by atoms with Crippen molar-refractivity contribution in [1.29, 1.82) is 5.26 Å². The molecule has 1 aromatic heterocycles. The highest BCUT2D eigenvalue weighted by atomic mass is 32.2. The van der Waals surface area contributed by atoms with Gasteiger partial charge >= 0.3 is 0 Å². The van der Waals surface area contributed by atoms with Gasteiger partial charge in [-0.25, -0.2) is 0 Å². The van der Waals surface area contributed by atoms with Gasteiger partial charge in [-0.05, 0) is 49.8 Å². The maximum atomic E-state index is 12.0. The Bertz CT molecular complexity index is 822. The molecular formula is C20H25N5O2S. The summed E-state index contributed by atoms with van der Waals surface area (Å²) in [5.74, 6) is 1.43. The van der Waals surface area contributed by atoms with Crippen LogP contribution in [0.3, 0.4) is 0 Å². The van der Waals surface area contributed by atoms with Crippen LogP contribution >= 0.6 is 11.8 Å². The zero-order chi connectivity index (χ0) is 19.8. The van der Waals surface area contributed by atoms with Gasteiger partial charge in [-0.1, -0.05) is 24.6 Å². The van der Waals surface area contributed by atoms with E-state index in [4.69, 9.17) is 10.00 Å². The molecule has 7 nitrogen and oxygen atoms in total. The summed E-state index contributed by atoms with van der Waals surface area (Å²) < 4.78 is 7.74. The van der Waals surface area contributed by atoms with Crippen LogP contribution in [0, 0.1) is 11.3 Å². The Kier molecular flexibility index (Phi) is 7.31. The number of hydrogen-bond acceptors (Lipinski definition) is 6. The van der Waals surface area contributed by atoms with E-state index >= 15 is 0 Å². The van der Waals surface area contributed by atoms with Crippen LogP contribution in [0.4, 0.5) is 0 Å². The summed E-state index contributed by atoms with van der Waals surface area (Å²) in [7, 11) is 0. The van der Waals surface area contributed by atoms with Gasteiger partial charge in [-0.15, -0.1) is 10.2 Å². The molecule has 0 unspecified atom stereocenters. The number of benzene rings is 1. The second-order valence-corrected chi connectivity index (χ2v) is 7.56. The van der Waals surface area contributed by atoms with Gasteiger partial charge in [0.15, 0.2) is 11.8 Å². The van der Waals surface area contributed by atoms with Crippen LogP contribution in [-0.4, -0.2) is 40.1 Å². The van der Waals surface area contributed by atoms with Gasteiger partial charge in [-0.2, -0.15) is 5.26 Å². The number of aryl methyl sites for hydroxylation is 1. The van der Waals surface area contributed by atoms with Crippen molar-refractivity contribution < 1.29 is 9.53 Å². The van der Waals surface area contributed by atoms with Crippen LogP contribution in [0.1, 0.15) is 49.5 Å². The first-order valence-corrected chi connectivity index (χ1v) is 10.8. The molecule has 0 radical (unpaired) electrons. The van der Waals surface area contributed by atoms with Crippen molar-refractivity contribution in [1.82, 2.24) is 20.1 Å². The summed E-state index contributed by atoms with van der Waals surface area (Å²) in [4.78, 5) is 12.0. The van der Waals surface area contributed by atoms with E-state index in [2.05, 4.69) is 20.1 Å². The van der Waals surface area contributed by atoms with E-state index in [-0.39, 0.29) is 12.5 Å². The number of hydrogen-bond donors (Lipinski definition) is 1. The Morgan fingerprint density at radius 1 is 1.32 bits per heavy atom. The monoisotopic (exact) mass is 399 g/mol. The number of rotatable bonds is 9. The van der Waals surface area contributed by atoms with Gasteiger partial charge in [0.05, 0.1) is 11.6 Å². The lowest BCUT2D eigenvalue weighted by atomic mass is 10.2. The van der Waals surface area contributed by atoms with E-state index in [0.29, 0.717) is 23.9 Å². The second-order valence-electron chi connectivity index (χ2n) is 6.79. The van der Waals surface area contributed by atoms with E-state index < -0.39 is 0 Å². The molecule has 28 heavy (non-hydrogen) atoms. The maximum absolute atomic E-state index is 12.0. The fourth-order valence-corrected chi connectivity index (χ4v) is 4.02. The van der Waals surface area contributed by atoms with Crippen molar-refractivity contribution in [2.45, 2.75) is 49.7 Å². The summed E-state index contributed by atoms with van der Waals surface area (Å²) in [6.07, 6.45) is 8.57. The predicted octanol–water partition coefficient (Wildman–Crippen LogP) is 3.11. The topological polar surface area (TPSA) is 92.8 Å². The maximum Gasteiger partial charge on any atom is 0.257 e. The molecule has 0 aliphatic heterocycles. The van der Waals surface area contributed by atoms with Crippen molar-refractivity contribution in [3.63, 3.8) is 0 Å². The number of nitrogens with one attached hydrogen (secondary N) is 1. The molecule has 148 valence electrons. The molecule has 1 amide bonds. The van der Waals surface area contributed by atoms with E-state index in [1.807, 2.05) is 12.3 Å². The lowest BCUT2D eigenvalue weighted by Crippen LogP contribution is -2.30. The summed E-state index contributed by atoms with van der Waals surface area (Å²) in [6, 6.07) is 9.26. The quantitative estimate of drug-likeness (QED) is 0.514. The highest BCUT2D eigenvalue weighted by molar-refractivity contribution is 7.98. The van der Waals surface area contributed by atoms with Crippen LogP contribution in [-0.2, 0) is 11.2 Å². The molecule has 0 saturated heterocycles. The van der Waals surface area contributed by atoms with Crippen molar-refractivity contribution in [3.8, 4) is 11.8 Å². The number of thioether (sulfide) groups is 1. The number of aromatic nitrogens is 3. The minimum absolute atomic E-state index is 0.0409. The predicted molar refractivity (Wildman–Crippen MR) is 107 cm³/mol. The summed E-state index contributed by atoms with van der Waals surface area (Å²) >= 11 is 1.64. The highest BCUT2D eigenvalue weighted by Gasteiger charge is 2.23. The van der Waals surface area contributed by atoms with Crippen LogP contribution in [0.25, 0.3) is 0 Å². The third kappa shape index (κ3) is 5.26. The molecule has 0 bridgehead atoms. The molecule has 1 fully saturated rings. The standard InChI is InChI=1S/C20H25N5O2S/c1-28-20-24-23-18(25(20)16-5-2-3-6-16)7-4-12-22-19(26)14-27-17-10-8-15(13-21)9-11-17/h8-11,16H,2-7,12,14H2,1H3,(H,22,26). The van der Waals surface area contributed by atoms with Gasteiger partial charge in [0.1, 0.15) is 11.6 Å². The molecule has 2 aromatic rings. The molecule has 1 N–H and O–H groups in total. The largest absolute Gasteiger partial charge is 0.484 e.